The van der Waals surface area contributed by atoms with Crippen molar-refractivity contribution in [2.45, 2.75) is 46.0 Å². The van der Waals surface area contributed by atoms with E-state index in [2.05, 4.69) is 6.55 Å². The van der Waals surface area contributed by atoms with Crippen LogP contribution in [-0.4, -0.2) is 34.6 Å². The van der Waals surface area contributed by atoms with E-state index in [1.807, 2.05) is 20.8 Å². The van der Waals surface area contributed by atoms with E-state index in [0.29, 0.717) is 19.8 Å². The van der Waals surface area contributed by atoms with Crippen LogP contribution in [0.15, 0.2) is 0 Å². The monoisotopic (exact) mass is 235 g/mol. The molecule has 0 aromatic rings. The van der Waals surface area contributed by atoms with Crippen LogP contribution in [0.4, 0.5) is 0 Å². The second-order valence-corrected chi connectivity index (χ2v) is 6.88. The third-order valence-corrected chi connectivity index (χ3v) is 5.16. The van der Waals surface area contributed by atoms with Gasteiger partial charge in [0.15, 0.2) is 0 Å². The van der Waals surface area contributed by atoms with Crippen LogP contribution in [0.25, 0.3) is 0 Å². The molecule has 0 aliphatic rings. The molecule has 0 rings (SSSR count). The summed E-state index contributed by atoms with van der Waals surface area (Å²) in [5.41, 5.74) is 5.77. The largest absolute Gasteiger partial charge is 0.395 e. The molecule has 0 saturated heterocycles. The van der Waals surface area contributed by atoms with Crippen LogP contribution < -0.4 is 5.73 Å². The molecule has 0 aliphatic carbocycles. The third-order valence-electron chi connectivity index (χ3n) is 2.16. The normalized spacial score (nSPS) is 14.2. The summed E-state index contributed by atoms with van der Waals surface area (Å²) in [5, 5.41) is 0. The zero-order valence-electron chi connectivity index (χ0n) is 10.4. The highest BCUT2D eigenvalue weighted by molar-refractivity contribution is 6.66. The van der Waals surface area contributed by atoms with Gasteiger partial charge in [0.25, 0.3) is 0 Å². The first-order chi connectivity index (χ1) is 7.08. The fourth-order valence-corrected chi connectivity index (χ4v) is 3.90. The quantitative estimate of drug-likeness (QED) is 0.489. The molecule has 0 aromatic carbocycles. The molecule has 1 atom stereocenters. The first-order valence-electron chi connectivity index (χ1n) is 5.73. The summed E-state index contributed by atoms with van der Waals surface area (Å²) in [6.07, 6.45) is 0.610. The van der Waals surface area contributed by atoms with Gasteiger partial charge in [-0.15, -0.1) is 0 Å². The molecule has 0 saturated carbocycles. The first-order valence-corrected chi connectivity index (χ1v) is 8.25. The van der Waals surface area contributed by atoms with Crippen molar-refractivity contribution < 1.29 is 13.6 Å². The molecule has 0 radical (unpaired) electrons. The molecule has 0 amide bonds. The van der Waals surface area contributed by atoms with Crippen LogP contribution in [0.3, 0.4) is 0 Å². The fourth-order valence-electron chi connectivity index (χ4n) is 1.50. The number of hydrogen-bond donors (Lipinski definition) is 1. The minimum absolute atomic E-state index is 0.192. The van der Waals surface area contributed by atoms with Crippen LogP contribution in [0.1, 0.15) is 27.2 Å². The van der Waals surface area contributed by atoms with Gasteiger partial charge in [-0.25, -0.2) is 0 Å². The molecule has 0 fully saturated rings. The zero-order valence-corrected chi connectivity index (χ0v) is 11.4. The number of rotatable bonds is 9. The van der Waals surface area contributed by atoms with E-state index in [4.69, 9.17) is 19.3 Å². The fraction of sp³-hybridized carbons (Fsp3) is 1.00. The van der Waals surface area contributed by atoms with E-state index in [9.17, 15) is 0 Å². The smallest absolute Gasteiger partial charge is 0.335 e. The van der Waals surface area contributed by atoms with Gasteiger partial charge in [-0.1, -0.05) is 0 Å². The minimum Gasteiger partial charge on any atom is -0.395 e. The lowest BCUT2D eigenvalue weighted by Crippen LogP contribution is -2.40. The Morgan fingerprint density at radius 2 is 1.60 bits per heavy atom. The lowest BCUT2D eigenvalue weighted by molar-refractivity contribution is 0.0619. The van der Waals surface area contributed by atoms with Gasteiger partial charge in [-0.05, 0) is 39.8 Å². The lowest BCUT2D eigenvalue weighted by atomic mass is 10.4. The van der Waals surface area contributed by atoms with E-state index in [1.165, 1.54) is 0 Å². The molecular weight excluding hydrogens is 210 g/mol. The average Bonchev–Trinajstić information content (AvgIpc) is 2.16. The number of nitrogens with two attached hydrogens (primary N) is 1. The highest BCUT2D eigenvalue weighted by Gasteiger charge is 2.30. The Morgan fingerprint density at radius 1 is 1.07 bits per heavy atom. The van der Waals surface area contributed by atoms with Crippen molar-refractivity contribution in [2.24, 2.45) is 5.73 Å². The van der Waals surface area contributed by atoms with Gasteiger partial charge in [0, 0.05) is 19.8 Å². The highest BCUT2D eigenvalue weighted by Crippen LogP contribution is 2.17. The molecule has 0 spiro atoms. The third kappa shape index (κ3) is 7.02. The molecule has 92 valence electrons. The molecule has 0 heterocycles. The van der Waals surface area contributed by atoms with Gasteiger partial charge in [0.1, 0.15) is 6.23 Å². The van der Waals surface area contributed by atoms with Crippen LogP contribution in [0.2, 0.25) is 12.6 Å². The topological polar surface area (TPSA) is 53.7 Å². The predicted molar refractivity (Wildman–Crippen MR) is 63.9 cm³/mol. The maximum Gasteiger partial charge on any atom is 0.335 e. The van der Waals surface area contributed by atoms with Crippen molar-refractivity contribution in [1.29, 1.82) is 0 Å². The Morgan fingerprint density at radius 3 is 2.00 bits per heavy atom. The van der Waals surface area contributed by atoms with Gasteiger partial charge in [-0.3, -0.25) is 0 Å². The van der Waals surface area contributed by atoms with Crippen LogP contribution in [0, 0.1) is 0 Å². The minimum atomic E-state index is -2.00. The second-order valence-electron chi connectivity index (χ2n) is 3.53. The summed E-state index contributed by atoms with van der Waals surface area (Å²) in [6, 6.07) is 0.885. The maximum absolute atomic E-state index is 5.77. The molecule has 4 nitrogen and oxygen atoms in total. The summed E-state index contributed by atoms with van der Waals surface area (Å²) < 4.78 is 16.7. The van der Waals surface area contributed by atoms with E-state index < -0.39 is 8.56 Å². The van der Waals surface area contributed by atoms with Crippen LogP contribution in [-0.2, 0) is 13.6 Å². The first kappa shape index (κ1) is 15.1. The Kier molecular flexibility index (Phi) is 8.27. The molecule has 5 heteroatoms. The molecule has 0 bridgehead atoms. The molecular formula is C10H25NO3Si. The molecule has 0 aromatic heterocycles. The zero-order chi connectivity index (χ0) is 11.7. The lowest BCUT2D eigenvalue weighted by Gasteiger charge is -2.27. The molecule has 0 aliphatic heterocycles. The maximum atomic E-state index is 5.77. The Labute approximate surface area is 94.3 Å². The Hall–Kier alpha value is 0.0569. The van der Waals surface area contributed by atoms with E-state index in [0.717, 1.165) is 12.5 Å². The summed E-state index contributed by atoms with van der Waals surface area (Å²) in [4.78, 5) is 0. The second kappa shape index (κ2) is 8.24. The SMILES string of the molecule is CCOC(N)CC[Si](C)(OCC)OCC. The van der Waals surface area contributed by atoms with Gasteiger partial charge < -0.3 is 19.3 Å². The van der Waals surface area contributed by atoms with Crippen molar-refractivity contribution in [3.63, 3.8) is 0 Å². The summed E-state index contributed by atoms with van der Waals surface area (Å²) >= 11 is 0. The van der Waals surface area contributed by atoms with Crippen molar-refractivity contribution >= 4 is 8.56 Å². The predicted octanol–water partition coefficient (Wildman–Crippen LogP) is 1.84. The van der Waals surface area contributed by atoms with Crippen LogP contribution >= 0.6 is 0 Å². The van der Waals surface area contributed by atoms with Crippen molar-refractivity contribution in [3.8, 4) is 0 Å². The number of ether oxygens (including phenoxy) is 1. The van der Waals surface area contributed by atoms with E-state index in [-0.39, 0.29) is 6.23 Å². The number of hydrogen-bond acceptors (Lipinski definition) is 4. The van der Waals surface area contributed by atoms with Crippen molar-refractivity contribution in [3.05, 3.63) is 0 Å². The van der Waals surface area contributed by atoms with Crippen molar-refractivity contribution in [2.75, 3.05) is 19.8 Å². The molecule has 1 unspecified atom stereocenters. The van der Waals surface area contributed by atoms with Gasteiger partial charge in [0.05, 0.1) is 0 Å². The van der Waals surface area contributed by atoms with Crippen LogP contribution in [0.5, 0.6) is 0 Å². The van der Waals surface area contributed by atoms with Gasteiger partial charge in [0.2, 0.25) is 0 Å². The standard InChI is InChI=1S/C10H25NO3Si/c1-5-12-10(11)8-9-15(4,13-6-2)14-7-3/h10H,5-9,11H2,1-4H3. The Balaban J connectivity index is 3.93. The molecule has 2 N–H and O–H groups in total. The Bertz CT molecular complexity index is 152. The van der Waals surface area contributed by atoms with E-state index in [1.54, 1.807) is 0 Å². The summed E-state index contributed by atoms with van der Waals surface area (Å²) in [6.45, 7) is 10.1. The summed E-state index contributed by atoms with van der Waals surface area (Å²) in [7, 11) is -2.00. The van der Waals surface area contributed by atoms with Gasteiger partial charge >= 0.3 is 8.56 Å². The molecule has 15 heavy (non-hydrogen) atoms. The van der Waals surface area contributed by atoms with Crippen molar-refractivity contribution in [1.82, 2.24) is 0 Å². The van der Waals surface area contributed by atoms with E-state index >= 15 is 0 Å². The summed E-state index contributed by atoms with van der Waals surface area (Å²) in [5.74, 6) is 0. The van der Waals surface area contributed by atoms with Gasteiger partial charge in [-0.2, -0.15) is 0 Å². The average molecular weight is 235 g/mol. The highest BCUT2D eigenvalue weighted by atomic mass is 28.4.